The number of rotatable bonds is 12. The third-order valence-corrected chi connectivity index (χ3v) is 5.76. The quantitative estimate of drug-likeness (QED) is 0.353. The Hall–Kier alpha value is -1.38. The molecule has 2 heterocycles. The first-order chi connectivity index (χ1) is 13.7. The van der Waals surface area contributed by atoms with E-state index in [2.05, 4.69) is 32.3 Å². The number of hydrogen-bond acceptors (Lipinski definition) is 5. The fourth-order valence-corrected chi connectivity index (χ4v) is 4.20. The number of carbonyl (C=O) groups is 1. The molecule has 0 saturated carbocycles. The van der Waals surface area contributed by atoms with Gasteiger partial charge in [0.05, 0.1) is 6.61 Å². The number of thiophene rings is 1. The first-order valence-electron chi connectivity index (χ1n) is 10.4. The molecule has 1 amide bonds. The van der Waals surface area contributed by atoms with Crippen LogP contribution in [0.4, 0.5) is 0 Å². The molecule has 0 unspecified atom stereocenters. The maximum absolute atomic E-state index is 11.8. The van der Waals surface area contributed by atoms with Gasteiger partial charge in [-0.25, -0.2) is 0 Å². The van der Waals surface area contributed by atoms with Gasteiger partial charge >= 0.3 is 0 Å². The molecule has 0 atom stereocenters. The van der Waals surface area contributed by atoms with Gasteiger partial charge < -0.3 is 20.7 Å². The van der Waals surface area contributed by atoms with E-state index >= 15 is 0 Å². The Bertz CT molecular complexity index is 589. The van der Waals surface area contributed by atoms with Gasteiger partial charge in [0, 0.05) is 42.9 Å². The van der Waals surface area contributed by atoms with E-state index in [0.717, 1.165) is 31.7 Å². The molecule has 8 heteroatoms. The van der Waals surface area contributed by atoms with Crippen LogP contribution in [0.5, 0.6) is 5.75 Å². The van der Waals surface area contributed by atoms with Crippen molar-refractivity contribution in [1.82, 2.24) is 20.9 Å². The van der Waals surface area contributed by atoms with Crippen LogP contribution < -0.4 is 20.7 Å². The molecule has 1 fully saturated rings. The zero-order chi connectivity index (χ0) is 20.0. The zero-order valence-corrected chi connectivity index (χ0v) is 18.6. The molecule has 0 aromatic carbocycles. The van der Waals surface area contributed by atoms with Gasteiger partial charge in [0.25, 0.3) is 0 Å². The van der Waals surface area contributed by atoms with E-state index in [1.807, 2.05) is 6.92 Å². The summed E-state index contributed by atoms with van der Waals surface area (Å²) in [5.74, 6) is 1.03. The van der Waals surface area contributed by atoms with Gasteiger partial charge in [0.2, 0.25) is 5.91 Å². The molecule has 1 aliphatic rings. The number of nitrogens with one attached hydrogen (secondary N) is 3. The highest BCUT2D eigenvalue weighted by molar-refractivity contribution is 7.80. The predicted molar refractivity (Wildman–Crippen MR) is 120 cm³/mol. The minimum Gasteiger partial charge on any atom is -0.493 e. The molecular weight excluding hydrogens is 392 g/mol. The van der Waals surface area contributed by atoms with Crippen LogP contribution in [0, 0.1) is 0 Å². The Balaban J connectivity index is 1.47. The lowest BCUT2D eigenvalue weighted by Crippen LogP contribution is -2.36. The van der Waals surface area contributed by atoms with Crippen molar-refractivity contribution < 1.29 is 9.53 Å². The second kappa shape index (κ2) is 13.7. The van der Waals surface area contributed by atoms with Gasteiger partial charge in [-0.3, -0.25) is 9.69 Å². The summed E-state index contributed by atoms with van der Waals surface area (Å²) in [4.78, 5) is 15.7. The van der Waals surface area contributed by atoms with E-state index in [-0.39, 0.29) is 5.91 Å². The summed E-state index contributed by atoms with van der Waals surface area (Å²) in [5.41, 5.74) is 0. The van der Waals surface area contributed by atoms with Crippen LogP contribution >= 0.6 is 23.6 Å². The number of piperidine rings is 1. The molecule has 1 aromatic heterocycles. The maximum atomic E-state index is 11.8. The standard InChI is InChI=1S/C20H34N4O2S2/c1-2-21-20(27)23-9-6-8-19(25)22-10-7-13-26-17-14-18(28-16-17)15-24-11-4-3-5-12-24/h14,16H,2-13,15H2,1H3,(H,22,25)(H2,21,23,27). The van der Waals surface area contributed by atoms with Crippen LogP contribution in [0.15, 0.2) is 11.4 Å². The number of likely N-dealkylation sites (tertiary alicyclic amines) is 1. The van der Waals surface area contributed by atoms with Gasteiger partial charge in [-0.15, -0.1) is 11.3 Å². The van der Waals surface area contributed by atoms with Crippen molar-refractivity contribution in [3.05, 3.63) is 16.3 Å². The molecule has 0 radical (unpaired) electrons. The number of ether oxygens (including phenoxy) is 1. The third kappa shape index (κ3) is 9.71. The molecule has 0 bridgehead atoms. The van der Waals surface area contributed by atoms with Crippen molar-refractivity contribution in [3.8, 4) is 5.75 Å². The normalized spacial score (nSPS) is 14.5. The molecule has 158 valence electrons. The van der Waals surface area contributed by atoms with Crippen molar-refractivity contribution in [3.63, 3.8) is 0 Å². The van der Waals surface area contributed by atoms with Gasteiger partial charge in [-0.2, -0.15) is 0 Å². The summed E-state index contributed by atoms with van der Waals surface area (Å²) in [5, 5.41) is 11.8. The first kappa shape index (κ1) is 22.9. The van der Waals surface area contributed by atoms with Gasteiger partial charge in [0.1, 0.15) is 5.75 Å². The molecule has 0 spiro atoms. The number of nitrogens with zero attached hydrogens (tertiary/aromatic N) is 1. The SMILES string of the molecule is CCNC(=S)NCCCC(=O)NCCCOc1csc(CN2CCCCC2)c1. The Morgan fingerprint density at radius 1 is 1.18 bits per heavy atom. The summed E-state index contributed by atoms with van der Waals surface area (Å²) in [6, 6.07) is 2.16. The van der Waals surface area contributed by atoms with Crippen LogP contribution in [-0.2, 0) is 11.3 Å². The molecule has 1 aromatic rings. The van der Waals surface area contributed by atoms with E-state index in [1.165, 1.54) is 37.2 Å². The molecule has 1 saturated heterocycles. The molecule has 3 N–H and O–H groups in total. The van der Waals surface area contributed by atoms with Crippen LogP contribution in [0.1, 0.15) is 50.3 Å². The number of hydrogen-bond donors (Lipinski definition) is 3. The van der Waals surface area contributed by atoms with Crippen LogP contribution in [-0.4, -0.2) is 55.3 Å². The average molecular weight is 427 g/mol. The molecule has 6 nitrogen and oxygen atoms in total. The van der Waals surface area contributed by atoms with E-state index < -0.39 is 0 Å². The lowest BCUT2D eigenvalue weighted by atomic mass is 10.1. The van der Waals surface area contributed by atoms with E-state index in [9.17, 15) is 4.79 Å². The van der Waals surface area contributed by atoms with E-state index in [1.54, 1.807) is 11.3 Å². The molecule has 1 aliphatic heterocycles. The van der Waals surface area contributed by atoms with Crippen molar-refractivity contribution in [2.75, 3.05) is 39.3 Å². The average Bonchev–Trinajstić information content (AvgIpc) is 3.13. The highest BCUT2D eigenvalue weighted by Crippen LogP contribution is 2.24. The van der Waals surface area contributed by atoms with Gasteiger partial charge in [-0.1, -0.05) is 6.42 Å². The topological polar surface area (TPSA) is 65.6 Å². The lowest BCUT2D eigenvalue weighted by molar-refractivity contribution is -0.121. The Morgan fingerprint density at radius 2 is 1.96 bits per heavy atom. The predicted octanol–water partition coefficient (Wildman–Crippen LogP) is 2.88. The Kier molecular flexibility index (Phi) is 11.2. The second-order valence-electron chi connectivity index (χ2n) is 7.03. The Morgan fingerprint density at radius 3 is 2.75 bits per heavy atom. The van der Waals surface area contributed by atoms with E-state index in [0.29, 0.717) is 31.2 Å². The van der Waals surface area contributed by atoms with Crippen molar-refractivity contribution in [2.24, 2.45) is 0 Å². The largest absolute Gasteiger partial charge is 0.493 e. The minimum absolute atomic E-state index is 0.0792. The first-order valence-corrected chi connectivity index (χ1v) is 11.7. The third-order valence-electron chi connectivity index (χ3n) is 4.57. The monoisotopic (exact) mass is 426 g/mol. The zero-order valence-electron chi connectivity index (χ0n) is 16.9. The second-order valence-corrected chi connectivity index (χ2v) is 8.43. The molecule has 2 rings (SSSR count). The summed E-state index contributed by atoms with van der Waals surface area (Å²) < 4.78 is 5.81. The lowest BCUT2D eigenvalue weighted by Gasteiger charge is -2.25. The van der Waals surface area contributed by atoms with E-state index in [4.69, 9.17) is 17.0 Å². The fraction of sp³-hybridized carbons (Fsp3) is 0.700. The Labute approximate surface area is 178 Å². The highest BCUT2D eigenvalue weighted by Gasteiger charge is 2.11. The van der Waals surface area contributed by atoms with Crippen LogP contribution in [0.3, 0.4) is 0 Å². The molecular formula is C20H34N4O2S2. The minimum atomic E-state index is 0.0792. The van der Waals surface area contributed by atoms with Crippen LogP contribution in [0.2, 0.25) is 0 Å². The molecule has 28 heavy (non-hydrogen) atoms. The van der Waals surface area contributed by atoms with Crippen molar-refractivity contribution in [1.29, 1.82) is 0 Å². The van der Waals surface area contributed by atoms with Crippen molar-refractivity contribution >= 4 is 34.6 Å². The van der Waals surface area contributed by atoms with Gasteiger partial charge in [-0.05, 0) is 64.0 Å². The summed E-state index contributed by atoms with van der Waals surface area (Å²) in [7, 11) is 0. The maximum Gasteiger partial charge on any atom is 0.220 e. The summed E-state index contributed by atoms with van der Waals surface area (Å²) >= 11 is 6.85. The number of carbonyl (C=O) groups excluding carboxylic acids is 1. The summed E-state index contributed by atoms with van der Waals surface area (Å²) in [6.45, 7) is 8.25. The smallest absolute Gasteiger partial charge is 0.220 e. The van der Waals surface area contributed by atoms with Gasteiger partial charge in [0.15, 0.2) is 5.11 Å². The number of thiocarbonyl (C=S) groups is 1. The molecule has 0 aliphatic carbocycles. The van der Waals surface area contributed by atoms with Crippen LogP contribution in [0.25, 0.3) is 0 Å². The highest BCUT2D eigenvalue weighted by atomic mass is 32.1. The summed E-state index contributed by atoms with van der Waals surface area (Å²) in [6.07, 6.45) is 6.09. The number of amides is 1. The van der Waals surface area contributed by atoms with Crippen molar-refractivity contribution in [2.45, 2.75) is 52.0 Å². The fourth-order valence-electron chi connectivity index (χ4n) is 3.11.